The third-order valence-electron chi connectivity index (χ3n) is 1.68. The summed E-state index contributed by atoms with van der Waals surface area (Å²) in [7, 11) is 0. The van der Waals surface area contributed by atoms with Crippen LogP contribution in [0.2, 0.25) is 0 Å². The molecule has 66 valence electrons. The van der Waals surface area contributed by atoms with E-state index in [1.54, 1.807) is 24.4 Å². The number of aromatic amines is 2. The summed E-state index contributed by atoms with van der Waals surface area (Å²) in [5.74, 6) is -0.191. The molecule has 0 aliphatic carbocycles. The number of nitrogens with zero attached hydrogens (tertiary/aromatic N) is 1. The Morgan fingerprint density at radius 3 is 2.69 bits per heavy atom. The van der Waals surface area contributed by atoms with Crippen molar-refractivity contribution in [3.05, 3.63) is 34.7 Å². The molecule has 0 atom stereocenters. The van der Waals surface area contributed by atoms with Crippen LogP contribution < -0.4 is 5.56 Å². The minimum Gasteiger partial charge on any atom is -0.493 e. The van der Waals surface area contributed by atoms with Crippen molar-refractivity contribution in [1.82, 2.24) is 15.2 Å². The van der Waals surface area contributed by atoms with Crippen molar-refractivity contribution < 1.29 is 5.11 Å². The maximum Gasteiger partial charge on any atom is 0.277 e. The highest BCUT2D eigenvalue weighted by atomic mass is 16.3. The highest BCUT2D eigenvalue weighted by molar-refractivity contribution is 5.62. The van der Waals surface area contributed by atoms with Gasteiger partial charge in [-0.2, -0.15) is 0 Å². The number of aromatic hydroxyl groups is 1. The molecule has 13 heavy (non-hydrogen) atoms. The predicted molar refractivity (Wildman–Crippen MR) is 46.3 cm³/mol. The van der Waals surface area contributed by atoms with Crippen molar-refractivity contribution in [3.63, 3.8) is 0 Å². The standard InChI is InChI=1S/C8H7N3O2/c12-7-6(8(13)11-10-7)5-3-1-2-4-9-5/h1-4H,(H3,10,11,12,13). The minimum absolute atomic E-state index is 0.167. The Labute approximate surface area is 73.1 Å². The normalized spacial score (nSPS) is 10.2. The average Bonchev–Trinajstić information content (AvgIpc) is 2.48. The molecule has 0 bridgehead atoms. The molecule has 0 spiro atoms. The Balaban J connectivity index is 2.65. The molecule has 2 aromatic heterocycles. The monoisotopic (exact) mass is 177 g/mol. The fourth-order valence-electron chi connectivity index (χ4n) is 1.10. The van der Waals surface area contributed by atoms with Gasteiger partial charge in [0, 0.05) is 6.20 Å². The number of aromatic nitrogens is 3. The van der Waals surface area contributed by atoms with Crippen LogP contribution in [0.5, 0.6) is 5.88 Å². The third kappa shape index (κ3) is 1.20. The van der Waals surface area contributed by atoms with Gasteiger partial charge in [-0.15, -0.1) is 0 Å². The van der Waals surface area contributed by atoms with Gasteiger partial charge < -0.3 is 5.11 Å². The summed E-state index contributed by atoms with van der Waals surface area (Å²) in [6, 6.07) is 5.13. The van der Waals surface area contributed by atoms with Crippen LogP contribution in [0.25, 0.3) is 11.3 Å². The molecular formula is C8H7N3O2. The van der Waals surface area contributed by atoms with Crippen LogP contribution in [0.4, 0.5) is 0 Å². The molecule has 0 fully saturated rings. The Morgan fingerprint density at radius 2 is 2.15 bits per heavy atom. The highest BCUT2D eigenvalue weighted by Crippen LogP contribution is 2.19. The quantitative estimate of drug-likeness (QED) is 0.592. The molecule has 2 heterocycles. The molecule has 5 nitrogen and oxygen atoms in total. The van der Waals surface area contributed by atoms with E-state index in [4.69, 9.17) is 0 Å². The zero-order chi connectivity index (χ0) is 9.26. The van der Waals surface area contributed by atoms with E-state index in [-0.39, 0.29) is 17.0 Å². The molecular weight excluding hydrogens is 170 g/mol. The number of H-pyrrole nitrogens is 2. The van der Waals surface area contributed by atoms with E-state index < -0.39 is 0 Å². The summed E-state index contributed by atoms with van der Waals surface area (Å²) < 4.78 is 0. The second-order valence-electron chi connectivity index (χ2n) is 2.52. The molecule has 0 saturated carbocycles. The number of rotatable bonds is 1. The maximum absolute atomic E-state index is 11.2. The van der Waals surface area contributed by atoms with Crippen LogP contribution >= 0.6 is 0 Å². The molecule has 0 saturated heterocycles. The van der Waals surface area contributed by atoms with Gasteiger partial charge in [-0.1, -0.05) is 6.07 Å². The van der Waals surface area contributed by atoms with Crippen molar-refractivity contribution in [2.45, 2.75) is 0 Å². The first kappa shape index (κ1) is 7.60. The topological polar surface area (TPSA) is 81.8 Å². The van der Waals surface area contributed by atoms with Crippen molar-refractivity contribution >= 4 is 0 Å². The number of nitrogens with one attached hydrogen (secondary N) is 2. The SMILES string of the molecule is O=c1[nH][nH]c(O)c1-c1ccccn1. The lowest BCUT2D eigenvalue weighted by Gasteiger charge is -1.93. The summed E-state index contributed by atoms with van der Waals surface area (Å²) in [6.45, 7) is 0. The zero-order valence-electron chi connectivity index (χ0n) is 6.61. The lowest BCUT2D eigenvalue weighted by atomic mass is 10.2. The fourth-order valence-corrected chi connectivity index (χ4v) is 1.10. The fraction of sp³-hybridized carbons (Fsp3) is 0. The Hall–Kier alpha value is -2.04. The van der Waals surface area contributed by atoms with Crippen LogP contribution in [-0.2, 0) is 0 Å². The van der Waals surface area contributed by atoms with Gasteiger partial charge in [0.1, 0.15) is 5.56 Å². The molecule has 2 aromatic rings. The van der Waals surface area contributed by atoms with Crippen molar-refractivity contribution in [2.24, 2.45) is 0 Å². The maximum atomic E-state index is 11.2. The summed E-state index contributed by atoms with van der Waals surface area (Å²) >= 11 is 0. The van der Waals surface area contributed by atoms with Crippen molar-refractivity contribution in [3.8, 4) is 17.1 Å². The van der Waals surface area contributed by atoms with E-state index in [2.05, 4.69) is 15.2 Å². The first-order valence-corrected chi connectivity index (χ1v) is 3.70. The van der Waals surface area contributed by atoms with Crippen LogP contribution in [0, 0.1) is 0 Å². The summed E-state index contributed by atoms with van der Waals surface area (Å²) in [6.07, 6.45) is 1.56. The molecule has 0 aliphatic rings. The van der Waals surface area contributed by atoms with Gasteiger partial charge in [-0.05, 0) is 12.1 Å². The number of pyridine rings is 1. The number of hydrogen-bond acceptors (Lipinski definition) is 3. The number of hydrogen-bond donors (Lipinski definition) is 3. The second-order valence-corrected chi connectivity index (χ2v) is 2.52. The van der Waals surface area contributed by atoms with Gasteiger partial charge >= 0.3 is 0 Å². The molecule has 2 rings (SSSR count). The largest absolute Gasteiger partial charge is 0.493 e. The molecule has 0 amide bonds. The summed E-state index contributed by atoms with van der Waals surface area (Å²) in [5.41, 5.74) is 0.235. The first-order chi connectivity index (χ1) is 6.29. The lowest BCUT2D eigenvalue weighted by Crippen LogP contribution is -2.02. The van der Waals surface area contributed by atoms with Gasteiger partial charge in [-0.25, -0.2) is 0 Å². The van der Waals surface area contributed by atoms with Crippen LogP contribution in [-0.4, -0.2) is 20.3 Å². The lowest BCUT2D eigenvalue weighted by molar-refractivity contribution is 0.453. The molecule has 0 aromatic carbocycles. The first-order valence-electron chi connectivity index (χ1n) is 3.70. The summed E-state index contributed by atoms with van der Waals surface area (Å²) in [5, 5.41) is 13.8. The van der Waals surface area contributed by atoms with E-state index in [1.807, 2.05) is 0 Å². The third-order valence-corrected chi connectivity index (χ3v) is 1.68. The Morgan fingerprint density at radius 1 is 1.31 bits per heavy atom. The minimum atomic E-state index is -0.379. The van der Waals surface area contributed by atoms with Gasteiger partial charge in [0.25, 0.3) is 5.56 Å². The predicted octanol–water partition coefficient (Wildman–Crippen LogP) is 0.471. The average molecular weight is 177 g/mol. The second kappa shape index (κ2) is 2.78. The van der Waals surface area contributed by atoms with Crippen LogP contribution in [0.1, 0.15) is 0 Å². The van der Waals surface area contributed by atoms with Crippen LogP contribution in [0.3, 0.4) is 0 Å². The van der Waals surface area contributed by atoms with E-state index in [0.717, 1.165) is 0 Å². The van der Waals surface area contributed by atoms with E-state index in [9.17, 15) is 9.90 Å². The molecule has 0 aliphatic heterocycles. The van der Waals surface area contributed by atoms with Crippen molar-refractivity contribution in [2.75, 3.05) is 0 Å². The molecule has 5 heteroatoms. The van der Waals surface area contributed by atoms with E-state index in [1.165, 1.54) is 0 Å². The van der Waals surface area contributed by atoms with Gasteiger partial charge in [0.15, 0.2) is 0 Å². The van der Waals surface area contributed by atoms with Gasteiger partial charge in [0.2, 0.25) is 5.88 Å². The molecule has 3 N–H and O–H groups in total. The van der Waals surface area contributed by atoms with Crippen LogP contribution in [0.15, 0.2) is 29.2 Å². The zero-order valence-corrected chi connectivity index (χ0v) is 6.61. The van der Waals surface area contributed by atoms with Gasteiger partial charge in [-0.3, -0.25) is 20.0 Å². The summed E-state index contributed by atoms with van der Waals surface area (Å²) in [4.78, 5) is 15.1. The Bertz CT molecular complexity index is 458. The smallest absolute Gasteiger partial charge is 0.277 e. The highest BCUT2D eigenvalue weighted by Gasteiger charge is 2.11. The van der Waals surface area contributed by atoms with Crippen molar-refractivity contribution in [1.29, 1.82) is 0 Å². The van der Waals surface area contributed by atoms with Gasteiger partial charge in [0.05, 0.1) is 5.69 Å². The molecule has 0 radical (unpaired) electrons. The Kier molecular flexibility index (Phi) is 1.63. The molecule has 0 unspecified atom stereocenters. The van der Waals surface area contributed by atoms with E-state index >= 15 is 0 Å². The van der Waals surface area contributed by atoms with E-state index in [0.29, 0.717) is 5.69 Å².